The van der Waals surface area contributed by atoms with Crippen LogP contribution in [-0.2, 0) is 14.4 Å². The van der Waals surface area contributed by atoms with Crippen LogP contribution < -0.4 is 0 Å². The first-order valence-electron chi connectivity index (χ1n) is 18.6. The molecule has 0 spiro atoms. The number of carbonyl (C=O) groups is 3. The molecule has 8 heteroatoms. The molecule has 7 nitrogen and oxygen atoms in total. The van der Waals surface area contributed by atoms with Crippen LogP contribution in [0.4, 0.5) is 0 Å². The van der Waals surface area contributed by atoms with Gasteiger partial charge in [0.15, 0.2) is 0 Å². The molecule has 0 radical (unpaired) electrons. The summed E-state index contributed by atoms with van der Waals surface area (Å²) in [6.45, 7) is 2.78. The van der Waals surface area contributed by atoms with E-state index in [1.807, 2.05) is 0 Å². The van der Waals surface area contributed by atoms with E-state index >= 15 is 0 Å². The molecule has 268 valence electrons. The molecule has 0 aromatic heterocycles. The lowest BCUT2D eigenvalue weighted by molar-refractivity contribution is -0.138. The summed E-state index contributed by atoms with van der Waals surface area (Å²) in [7, 11) is 4.15. The fourth-order valence-electron chi connectivity index (χ4n) is 5.30. The Morgan fingerprint density at radius 3 is 1.22 bits per heavy atom. The molecule has 0 aliphatic heterocycles. The summed E-state index contributed by atoms with van der Waals surface area (Å²) in [6.07, 6.45) is 34.4. The van der Waals surface area contributed by atoms with E-state index in [1.54, 1.807) is 11.8 Å². The van der Waals surface area contributed by atoms with Crippen LogP contribution in [0.15, 0.2) is 24.3 Å². The Morgan fingerprint density at radius 2 is 0.848 bits per heavy atom. The van der Waals surface area contributed by atoms with Crippen molar-refractivity contribution in [2.45, 2.75) is 154 Å². The summed E-state index contributed by atoms with van der Waals surface area (Å²) in [4.78, 5) is 38.4. The molecule has 0 unspecified atom stereocenters. The molecule has 0 bridgehead atoms. The predicted molar refractivity (Wildman–Crippen MR) is 197 cm³/mol. The van der Waals surface area contributed by atoms with Crippen LogP contribution in [0.5, 0.6) is 0 Å². The van der Waals surface area contributed by atoms with Gasteiger partial charge in [-0.15, -0.1) is 0 Å². The maximum atomic E-state index is 13.0. The second-order valence-corrected chi connectivity index (χ2v) is 14.1. The highest BCUT2D eigenvalue weighted by molar-refractivity contribution is 7.99. The minimum absolute atomic E-state index is 0.299. The van der Waals surface area contributed by atoms with Crippen molar-refractivity contribution in [3.8, 4) is 0 Å². The van der Waals surface area contributed by atoms with Gasteiger partial charge in [0, 0.05) is 38.2 Å². The van der Waals surface area contributed by atoms with E-state index in [-0.39, 0.29) is 0 Å². The number of rotatable bonds is 35. The molecule has 0 saturated carbocycles. The van der Waals surface area contributed by atoms with Crippen LogP contribution in [0.3, 0.4) is 0 Å². The van der Waals surface area contributed by atoms with E-state index in [0.717, 1.165) is 102 Å². The quantitative estimate of drug-likeness (QED) is 0.0513. The summed E-state index contributed by atoms with van der Waals surface area (Å²) in [5, 5.41) is 17.3. The van der Waals surface area contributed by atoms with Gasteiger partial charge in [-0.2, -0.15) is 11.8 Å². The van der Waals surface area contributed by atoms with Crippen molar-refractivity contribution in [1.29, 1.82) is 0 Å². The lowest BCUT2D eigenvalue weighted by atomic mass is 10.1. The van der Waals surface area contributed by atoms with Crippen LogP contribution in [0.1, 0.15) is 154 Å². The van der Waals surface area contributed by atoms with Crippen molar-refractivity contribution in [2.75, 3.05) is 45.2 Å². The Labute approximate surface area is 287 Å². The summed E-state index contributed by atoms with van der Waals surface area (Å²) in [5.41, 5.74) is 0. The third-order valence-corrected chi connectivity index (χ3v) is 9.14. The van der Waals surface area contributed by atoms with Gasteiger partial charge in [-0.05, 0) is 91.1 Å². The van der Waals surface area contributed by atoms with Gasteiger partial charge in [-0.3, -0.25) is 14.4 Å². The monoisotopic (exact) mass is 667 g/mol. The minimum atomic E-state index is -0.686. The number of hydrogen-bond acceptors (Lipinski definition) is 5. The first kappa shape index (κ1) is 44.2. The van der Waals surface area contributed by atoms with Gasteiger partial charge in [-0.25, -0.2) is 0 Å². The minimum Gasteiger partial charge on any atom is -0.481 e. The first-order valence-corrected chi connectivity index (χ1v) is 19.7. The molecule has 46 heavy (non-hydrogen) atoms. The smallest absolute Gasteiger partial charge is 0.303 e. The zero-order valence-electron chi connectivity index (χ0n) is 29.7. The summed E-state index contributed by atoms with van der Waals surface area (Å²) >= 11 is 1.76. The molecule has 0 saturated heterocycles. The number of unbranched alkanes of at least 4 members (excludes halogenated alkanes) is 18. The highest BCUT2D eigenvalue weighted by Crippen LogP contribution is 2.13. The summed E-state index contributed by atoms with van der Waals surface area (Å²) < 4.78 is 0. The number of thioether (sulfide) groups is 1. The number of nitrogens with zero attached hydrogens (tertiary/aromatic N) is 2. The number of carboxylic acid groups (broad SMARTS) is 2. The fraction of sp³-hybridized carbons (Fsp3) is 0.816. The predicted octanol–water partition coefficient (Wildman–Crippen LogP) is 9.75. The molecule has 0 aromatic carbocycles. The zero-order chi connectivity index (χ0) is 33.9. The average Bonchev–Trinajstić information content (AvgIpc) is 3.01. The average molecular weight is 667 g/mol. The number of aliphatic carboxylic acids is 2. The molecule has 0 atom stereocenters. The molecule has 1 amide bonds. The van der Waals surface area contributed by atoms with Gasteiger partial charge in [0.1, 0.15) is 0 Å². The van der Waals surface area contributed by atoms with E-state index in [1.165, 1.54) is 64.2 Å². The Morgan fingerprint density at radius 1 is 0.500 bits per heavy atom. The molecular weight excluding hydrogens is 596 g/mol. The fourth-order valence-corrected chi connectivity index (χ4v) is 6.30. The number of amides is 1. The molecule has 0 aliphatic rings. The summed E-state index contributed by atoms with van der Waals surface area (Å²) in [6, 6.07) is 0. The van der Waals surface area contributed by atoms with Gasteiger partial charge in [0.05, 0.1) is 5.75 Å². The van der Waals surface area contributed by atoms with Crippen molar-refractivity contribution >= 4 is 29.6 Å². The van der Waals surface area contributed by atoms with Crippen LogP contribution in [0, 0.1) is 0 Å². The second kappa shape index (κ2) is 34.5. The standard InChI is InChI=1S/C38H70N2O5S/c1-39(2)33-34-46-35-36(41)40(31-27-23-19-15-11-7-3-5-9-13-17-21-25-29-37(42)43)32-28-24-20-16-12-8-4-6-10-14-18-22-26-30-38(44)45/h3-4,7-8H,5-6,9-35H2,1-2H3,(H,42,43)(H,44,45)/b7-3-,8-4-. The topological polar surface area (TPSA) is 98.2 Å². The van der Waals surface area contributed by atoms with Crippen molar-refractivity contribution in [3.63, 3.8) is 0 Å². The van der Waals surface area contributed by atoms with Crippen LogP contribution in [0.25, 0.3) is 0 Å². The third-order valence-electron chi connectivity index (χ3n) is 8.21. The number of carboxylic acids is 2. The Balaban J connectivity index is 4.01. The van der Waals surface area contributed by atoms with Gasteiger partial charge >= 0.3 is 11.9 Å². The maximum absolute atomic E-state index is 13.0. The van der Waals surface area contributed by atoms with E-state index in [0.29, 0.717) is 24.5 Å². The van der Waals surface area contributed by atoms with Crippen molar-refractivity contribution in [1.82, 2.24) is 9.80 Å². The van der Waals surface area contributed by atoms with Crippen molar-refractivity contribution in [2.24, 2.45) is 0 Å². The van der Waals surface area contributed by atoms with Crippen LogP contribution in [0.2, 0.25) is 0 Å². The van der Waals surface area contributed by atoms with Gasteiger partial charge in [-0.1, -0.05) is 88.5 Å². The van der Waals surface area contributed by atoms with Crippen LogP contribution >= 0.6 is 11.8 Å². The zero-order valence-corrected chi connectivity index (χ0v) is 30.6. The lowest BCUT2D eigenvalue weighted by Crippen LogP contribution is -2.34. The van der Waals surface area contributed by atoms with Crippen LogP contribution in [-0.4, -0.2) is 83.1 Å². The molecule has 0 aliphatic carbocycles. The molecule has 0 aromatic rings. The van der Waals surface area contributed by atoms with Crippen molar-refractivity contribution < 1.29 is 24.6 Å². The number of hydrogen-bond donors (Lipinski definition) is 2. The van der Waals surface area contributed by atoms with E-state index < -0.39 is 11.9 Å². The van der Waals surface area contributed by atoms with E-state index in [9.17, 15) is 14.4 Å². The largest absolute Gasteiger partial charge is 0.481 e. The number of allylic oxidation sites excluding steroid dienone is 4. The van der Waals surface area contributed by atoms with Gasteiger partial charge in [0.2, 0.25) is 5.91 Å². The maximum Gasteiger partial charge on any atom is 0.303 e. The Bertz CT molecular complexity index is 737. The molecule has 0 rings (SSSR count). The summed E-state index contributed by atoms with van der Waals surface area (Å²) in [5.74, 6) is 0.516. The van der Waals surface area contributed by atoms with E-state index in [2.05, 4.69) is 48.2 Å². The van der Waals surface area contributed by atoms with Gasteiger partial charge in [0.25, 0.3) is 0 Å². The normalized spacial score (nSPS) is 11.7. The molecular formula is C38H70N2O5S. The molecule has 2 N–H and O–H groups in total. The SMILES string of the molecule is CN(C)CCSCC(=O)N(CCCCCC/C=C\CCCCCCCC(=O)O)CCCCCC/C=C\CCCCCCCC(=O)O. The molecule has 0 heterocycles. The van der Waals surface area contributed by atoms with Gasteiger partial charge < -0.3 is 20.0 Å². The highest BCUT2D eigenvalue weighted by atomic mass is 32.2. The Hall–Kier alpha value is -1.80. The second-order valence-electron chi connectivity index (χ2n) is 13.0. The number of carbonyl (C=O) groups excluding carboxylic acids is 1. The lowest BCUT2D eigenvalue weighted by Gasteiger charge is -2.23. The Kier molecular flexibility index (Phi) is 33.2. The molecule has 0 fully saturated rings. The van der Waals surface area contributed by atoms with Crippen molar-refractivity contribution in [3.05, 3.63) is 24.3 Å². The third kappa shape index (κ3) is 35.1. The van der Waals surface area contributed by atoms with E-state index in [4.69, 9.17) is 10.2 Å². The first-order chi connectivity index (χ1) is 22.3. The highest BCUT2D eigenvalue weighted by Gasteiger charge is 2.13.